The minimum absolute atomic E-state index is 0.208. The van der Waals surface area contributed by atoms with Crippen molar-refractivity contribution in [2.24, 2.45) is 0 Å². The van der Waals surface area contributed by atoms with Crippen molar-refractivity contribution in [2.75, 3.05) is 13.2 Å². The molecule has 2 rings (SSSR count). The Labute approximate surface area is 126 Å². The molecule has 0 amide bonds. The van der Waals surface area contributed by atoms with Crippen LogP contribution in [0.15, 0.2) is 54.6 Å². The number of aliphatic hydroxyl groups excluding tert-OH is 1. The fraction of sp³-hybridized carbons (Fsp3) is 0.333. The smallest absolute Gasteiger partial charge is 0.122 e. The summed E-state index contributed by atoms with van der Waals surface area (Å²) >= 11 is 0. The Hall–Kier alpha value is -1.84. The van der Waals surface area contributed by atoms with Gasteiger partial charge in [0.05, 0.1) is 0 Å². The number of hydrogen-bond donors (Lipinski definition) is 2. The highest BCUT2D eigenvalue weighted by molar-refractivity contribution is 5.31. The Morgan fingerprint density at radius 2 is 1.71 bits per heavy atom. The van der Waals surface area contributed by atoms with Gasteiger partial charge in [0.15, 0.2) is 0 Å². The summed E-state index contributed by atoms with van der Waals surface area (Å²) in [6, 6.07) is 18.2. The van der Waals surface area contributed by atoms with Gasteiger partial charge in [0.1, 0.15) is 18.5 Å². The second-order valence-corrected chi connectivity index (χ2v) is 5.27. The molecule has 0 aromatic heterocycles. The molecule has 21 heavy (non-hydrogen) atoms. The fourth-order valence-electron chi connectivity index (χ4n) is 2.14. The van der Waals surface area contributed by atoms with E-state index in [-0.39, 0.29) is 6.04 Å². The number of nitrogens with one attached hydrogen (secondary N) is 1. The predicted molar refractivity (Wildman–Crippen MR) is 85.5 cm³/mol. The van der Waals surface area contributed by atoms with Gasteiger partial charge in [0, 0.05) is 12.6 Å². The summed E-state index contributed by atoms with van der Waals surface area (Å²) < 4.78 is 5.65. The lowest BCUT2D eigenvalue weighted by molar-refractivity contribution is 0.104. The SMILES string of the molecule is Cc1ccccc1OC[C@H](O)CN[C@H](C)c1ccccc1. The van der Waals surface area contributed by atoms with Crippen LogP contribution >= 0.6 is 0 Å². The van der Waals surface area contributed by atoms with Crippen LogP contribution in [0.1, 0.15) is 24.1 Å². The first kappa shape index (κ1) is 15.5. The van der Waals surface area contributed by atoms with Crippen molar-refractivity contribution < 1.29 is 9.84 Å². The maximum absolute atomic E-state index is 10.0. The molecule has 0 bridgehead atoms. The first-order valence-corrected chi connectivity index (χ1v) is 7.31. The lowest BCUT2D eigenvalue weighted by Crippen LogP contribution is -2.33. The summed E-state index contributed by atoms with van der Waals surface area (Å²) in [5, 5.41) is 13.3. The van der Waals surface area contributed by atoms with Crippen molar-refractivity contribution in [1.82, 2.24) is 5.32 Å². The van der Waals surface area contributed by atoms with Crippen LogP contribution in [-0.4, -0.2) is 24.4 Å². The van der Waals surface area contributed by atoms with E-state index in [0.717, 1.165) is 11.3 Å². The molecule has 0 saturated carbocycles. The Balaban J connectivity index is 1.75. The largest absolute Gasteiger partial charge is 0.491 e. The number of benzene rings is 2. The summed E-state index contributed by atoms with van der Waals surface area (Å²) in [5.41, 5.74) is 2.29. The average Bonchev–Trinajstić information content (AvgIpc) is 2.52. The highest BCUT2D eigenvalue weighted by Gasteiger charge is 2.09. The number of aliphatic hydroxyl groups is 1. The minimum atomic E-state index is -0.532. The monoisotopic (exact) mass is 285 g/mol. The van der Waals surface area contributed by atoms with Crippen LogP contribution in [-0.2, 0) is 0 Å². The summed E-state index contributed by atoms with van der Waals surface area (Å²) in [6.07, 6.45) is -0.532. The lowest BCUT2D eigenvalue weighted by atomic mass is 10.1. The zero-order valence-electron chi connectivity index (χ0n) is 12.6. The van der Waals surface area contributed by atoms with Gasteiger partial charge in [0.2, 0.25) is 0 Å². The third-order valence-electron chi connectivity index (χ3n) is 3.48. The molecular formula is C18H23NO2. The number of para-hydroxylation sites is 1. The normalized spacial score (nSPS) is 13.7. The van der Waals surface area contributed by atoms with E-state index in [1.807, 2.05) is 49.4 Å². The van der Waals surface area contributed by atoms with Gasteiger partial charge >= 0.3 is 0 Å². The molecule has 0 heterocycles. The van der Waals surface area contributed by atoms with Crippen LogP contribution in [0.3, 0.4) is 0 Å². The molecule has 3 nitrogen and oxygen atoms in total. The van der Waals surface area contributed by atoms with E-state index < -0.39 is 6.10 Å². The van der Waals surface area contributed by atoms with E-state index >= 15 is 0 Å². The molecule has 0 aliphatic carbocycles. The Morgan fingerprint density at radius 3 is 2.43 bits per heavy atom. The third kappa shape index (κ3) is 4.88. The summed E-state index contributed by atoms with van der Waals surface area (Å²) in [5.74, 6) is 0.827. The van der Waals surface area contributed by atoms with Crippen LogP contribution in [0.5, 0.6) is 5.75 Å². The summed E-state index contributed by atoms with van der Waals surface area (Å²) in [4.78, 5) is 0. The molecule has 0 unspecified atom stereocenters. The zero-order valence-corrected chi connectivity index (χ0v) is 12.6. The molecule has 2 atom stereocenters. The van der Waals surface area contributed by atoms with E-state index in [4.69, 9.17) is 4.74 Å². The predicted octanol–water partition coefficient (Wildman–Crippen LogP) is 3.09. The summed E-state index contributed by atoms with van der Waals surface area (Å²) in [7, 11) is 0. The number of hydrogen-bond acceptors (Lipinski definition) is 3. The van der Waals surface area contributed by atoms with Gasteiger partial charge in [-0.3, -0.25) is 0 Å². The van der Waals surface area contributed by atoms with Gasteiger partial charge in [-0.25, -0.2) is 0 Å². The zero-order chi connectivity index (χ0) is 15.1. The fourth-order valence-corrected chi connectivity index (χ4v) is 2.14. The van der Waals surface area contributed by atoms with E-state index in [1.54, 1.807) is 0 Å². The number of aryl methyl sites for hydroxylation is 1. The summed E-state index contributed by atoms with van der Waals surface area (Å²) in [6.45, 7) is 4.88. The van der Waals surface area contributed by atoms with Gasteiger partial charge in [-0.15, -0.1) is 0 Å². The van der Waals surface area contributed by atoms with Crippen LogP contribution in [0.25, 0.3) is 0 Å². The molecule has 0 fully saturated rings. The first-order valence-electron chi connectivity index (χ1n) is 7.31. The highest BCUT2D eigenvalue weighted by atomic mass is 16.5. The van der Waals surface area contributed by atoms with E-state index in [2.05, 4.69) is 24.4 Å². The molecule has 2 aromatic rings. The highest BCUT2D eigenvalue weighted by Crippen LogP contribution is 2.16. The Kier molecular flexibility index (Phi) is 5.78. The second-order valence-electron chi connectivity index (χ2n) is 5.27. The third-order valence-corrected chi connectivity index (χ3v) is 3.48. The average molecular weight is 285 g/mol. The van der Waals surface area contributed by atoms with Gasteiger partial charge in [-0.2, -0.15) is 0 Å². The topological polar surface area (TPSA) is 41.5 Å². The van der Waals surface area contributed by atoms with Gasteiger partial charge < -0.3 is 15.2 Å². The molecule has 3 heteroatoms. The maximum Gasteiger partial charge on any atom is 0.122 e. The minimum Gasteiger partial charge on any atom is -0.491 e. The van der Waals surface area contributed by atoms with E-state index in [0.29, 0.717) is 13.2 Å². The van der Waals surface area contributed by atoms with Crippen molar-refractivity contribution >= 4 is 0 Å². The molecule has 0 aliphatic rings. The molecule has 0 saturated heterocycles. The quantitative estimate of drug-likeness (QED) is 0.821. The molecule has 0 aliphatic heterocycles. The molecule has 2 aromatic carbocycles. The first-order chi connectivity index (χ1) is 10.2. The van der Waals surface area contributed by atoms with E-state index in [9.17, 15) is 5.11 Å². The standard InChI is InChI=1S/C18H23NO2/c1-14-8-6-7-11-18(14)21-13-17(20)12-19-15(2)16-9-4-3-5-10-16/h3-11,15,17,19-20H,12-13H2,1-2H3/t15-,17-/m1/s1. The Bertz CT molecular complexity index is 542. The van der Waals surface area contributed by atoms with Gasteiger partial charge in [-0.05, 0) is 31.0 Å². The van der Waals surface area contributed by atoms with Crippen LogP contribution in [0, 0.1) is 6.92 Å². The van der Waals surface area contributed by atoms with Gasteiger partial charge in [-0.1, -0.05) is 48.5 Å². The number of ether oxygens (including phenoxy) is 1. The second kappa shape index (κ2) is 7.81. The molecule has 0 spiro atoms. The van der Waals surface area contributed by atoms with Crippen molar-refractivity contribution in [3.63, 3.8) is 0 Å². The molecular weight excluding hydrogens is 262 g/mol. The van der Waals surface area contributed by atoms with Crippen LogP contribution in [0.2, 0.25) is 0 Å². The number of rotatable bonds is 7. The molecule has 2 N–H and O–H groups in total. The molecule has 0 radical (unpaired) electrons. The van der Waals surface area contributed by atoms with Crippen molar-refractivity contribution in [3.8, 4) is 5.75 Å². The van der Waals surface area contributed by atoms with Crippen LogP contribution in [0.4, 0.5) is 0 Å². The van der Waals surface area contributed by atoms with Crippen molar-refractivity contribution in [3.05, 3.63) is 65.7 Å². The van der Waals surface area contributed by atoms with E-state index in [1.165, 1.54) is 5.56 Å². The van der Waals surface area contributed by atoms with Crippen molar-refractivity contribution in [1.29, 1.82) is 0 Å². The Morgan fingerprint density at radius 1 is 1.05 bits per heavy atom. The molecule has 112 valence electrons. The van der Waals surface area contributed by atoms with Crippen LogP contribution < -0.4 is 10.1 Å². The van der Waals surface area contributed by atoms with Crippen molar-refractivity contribution in [2.45, 2.75) is 26.0 Å². The maximum atomic E-state index is 10.0. The van der Waals surface area contributed by atoms with Gasteiger partial charge in [0.25, 0.3) is 0 Å². The lowest BCUT2D eigenvalue weighted by Gasteiger charge is -2.18.